The van der Waals surface area contributed by atoms with Crippen LogP contribution in [0.15, 0.2) is 109 Å². The van der Waals surface area contributed by atoms with Crippen LogP contribution in [0.3, 0.4) is 0 Å². The molecule has 0 bridgehead atoms. The molecular weight excluding hydrogens is 428 g/mol. The summed E-state index contributed by atoms with van der Waals surface area (Å²) in [5, 5.41) is 27.7. The topological polar surface area (TPSA) is 94.8 Å². The second kappa shape index (κ2) is 11.3. The Morgan fingerprint density at radius 2 is 1.32 bits per heavy atom. The summed E-state index contributed by atoms with van der Waals surface area (Å²) < 4.78 is 0. The van der Waals surface area contributed by atoms with Gasteiger partial charge in [-0.05, 0) is 59.2 Å². The molecule has 4 rings (SSSR count). The first kappa shape index (κ1) is 24.0. The molecule has 0 amide bonds. The van der Waals surface area contributed by atoms with Gasteiger partial charge in [-0.15, -0.1) is 6.58 Å². The van der Waals surface area contributed by atoms with E-state index in [-0.39, 0.29) is 34.7 Å². The monoisotopic (exact) mass is 452 g/mol. The molecule has 1 atom stereocenters. The van der Waals surface area contributed by atoms with Gasteiger partial charge in [0.15, 0.2) is 11.6 Å². The number of phenols is 3. The number of phenolic OH excluding ortho intramolecular Hbond substituents is 3. The summed E-state index contributed by atoms with van der Waals surface area (Å²) in [5.74, 6) is -0.235. The van der Waals surface area contributed by atoms with Gasteiger partial charge in [0.25, 0.3) is 0 Å². The lowest BCUT2D eigenvalue weighted by Crippen LogP contribution is -2.13. The van der Waals surface area contributed by atoms with Crippen molar-refractivity contribution >= 4 is 23.7 Å². The first-order valence-electron chi connectivity index (χ1n) is 10.5. The molecule has 3 N–H and O–H groups in total. The number of hydrogen-bond donors (Lipinski definition) is 3. The Morgan fingerprint density at radius 1 is 0.706 bits per heavy atom. The Morgan fingerprint density at radius 3 is 1.94 bits per heavy atom. The third-order valence-electron chi connectivity index (χ3n) is 5.00. The summed E-state index contributed by atoms with van der Waals surface area (Å²) in [6.45, 7) is 3.74. The molecular formula is C29H24O5. The van der Waals surface area contributed by atoms with Gasteiger partial charge in [0.2, 0.25) is 0 Å². The maximum absolute atomic E-state index is 11.8. The first-order chi connectivity index (χ1) is 16.4. The molecule has 3 aromatic rings. The van der Waals surface area contributed by atoms with Crippen molar-refractivity contribution in [1.29, 1.82) is 0 Å². The lowest BCUT2D eigenvalue weighted by molar-refractivity contribution is -0.114. The largest absolute Gasteiger partial charge is 0.508 e. The van der Waals surface area contributed by atoms with Crippen LogP contribution in [-0.2, 0) is 9.59 Å². The Hall–Kier alpha value is -4.64. The first-order valence-corrected chi connectivity index (χ1v) is 10.5. The van der Waals surface area contributed by atoms with Crippen molar-refractivity contribution in [3.05, 3.63) is 126 Å². The second-order valence-electron chi connectivity index (χ2n) is 7.53. The summed E-state index contributed by atoms with van der Waals surface area (Å²) in [4.78, 5) is 23.1. The number of rotatable bonds is 5. The van der Waals surface area contributed by atoms with E-state index in [4.69, 9.17) is 5.11 Å². The molecule has 5 nitrogen and oxygen atoms in total. The predicted octanol–water partition coefficient (Wildman–Crippen LogP) is 5.56. The minimum atomic E-state index is -0.224. The maximum atomic E-state index is 11.8. The number of ketones is 2. The Labute approximate surface area is 198 Å². The number of benzene rings is 3. The highest BCUT2D eigenvalue weighted by Crippen LogP contribution is 2.28. The zero-order valence-electron chi connectivity index (χ0n) is 18.3. The molecule has 0 saturated carbocycles. The average Bonchev–Trinajstić information content (AvgIpc) is 2.82. The van der Waals surface area contributed by atoms with E-state index < -0.39 is 0 Å². The van der Waals surface area contributed by atoms with Crippen molar-refractivity contribution in [3.8, 4) is 17.2 Å². The molecule has 34 heavy (non-hydrogen) atoms. The molecule has 170 valence electrons. The van der Waals surface area contributed by atoms with Gasteiger partial charge in [0.05, 0.1) is 0 Å². The zero-order chi connectivity index (χ0) is 24.5. The highest BCUT2D eigenvalue weighted by Gasteiger charge is 2.21. The van der Waals surface area contributed by atoms with Crippen LogP contribution in [0, 0.1) is 0 Å². The van der Waals surface area contributed by atoms with Gasteiger partial charge in [-0.25, -0.2) is 0 Å². The van der Waals surface area contributed by atoms with E-state index in [1.807, 2.05) is 36.4 Å². The Balaban J connectivity index is 0.000000191. The van der Waals surface area contributed by atoms with E-state index in [2.05, 4.69) is 6.58 Å². The molecule has 1 aliphatic carbocycles. The van der Waals surface area contributed by atoms with Crippen LogP contribution in [0.4, 0.5) is 0 Å². The Bertz CT molecular complexity index is 1250. The predicted molar refractivity (Wildman–Crippen MR) is 133 cm³/mol. The summed E-state index contributed by atoms with van der Waals surface area (Å²) >= 11 is 0. The van der Waals surface area contributed by atoms with Gasteiger partial charge in [0, 0.05) is 17.6 Å². The van der Waals surface area contributed by atoms with Crippen LogP contribution >= 0.6 is 0 Å². The smallest absolute Gasteiger partial charge is 0.183 e. The standard InChI is InChI=1S/C15H12O2.C14H12O3/c1-2-13(11-6-4-3-5-7-11)14-10-12(16)8-9-15(14)17;15-12-5-3-10(4-6-12)1-2-11-7-13(16)9-14(17)8-11/h2-10,13H,1H2;1-9,15-17H. The van der Waals surface area contributed by atoms with Gasteiger partial charge in [-0.2, -0.15) is 0 Å². The van der Waals surface area contributed by atoms with Crippen LogP contribution in [0.5, 0.6) is 17.2 Å². The molecule has 0 radical (unpaired) electrons. The highest BCUT2D eigenvalue weighted by atomic mass is 16.3. The number of carbonyl (C=O) groups excluding carboxylic acids is 2. The maximum Gasteiger partial charge on any atom is 0.183 e. The molecule has 0 aliphatic heterocycles. The zero-order valence-corrected chi connectivity index (χ0v) is 18.3. The summed E-state index contributed by atoms with van der Waals surface area (Å²) in [6, 6.07) is 20.7. The lowest BCUT2D eigenvalue weighted by atomic mass is 9.86. The van der Waals surface area contributed by atoms with Crippen LogP contribution in [0.25, 0.3) is 12.2 Å². The van der Waals surface area contributed by atoms with Crippen LogP contribution < -0.4 is 0 Å². The quantitative estimate of drug-likeness (QED) is 0.267. The minimum absolute atomic E-state index is 0.0235. The van der Waals surface area contributed by atoms with Gasteiger partial charge < -0.3 is 15.3 Å². The molecule has 1 unspecified atom stereocenters. The molecule has 0 aromatic heterocycles. The van der Waals surface area contributed by atoms with E-state index in [0.29, 0.717) is 11.1 Å². The third kappa shape index (κ3) is 6.68. The van der Waals surface area contributed by atoms with E-state index >= 15 is 0 Å². The fourth-order valence-electron chi connectivity index (χ4n) is 3.36. The van der Waals surface area contributed by atoms with Gasteiger partial charge >= 0.3 is 0 Å². The molecule has 0 heterocycles. The molecule has 5 heteroatoms. The van der Waals surface area contributed by atoms with Gasteiger partial charge in [-0.1, -0.05) is 60.7 Å². The van der Waals surface area contributed by atoms with Crippen molar-refractivity contribution in [1.82, 2.24) is 0 Å². The van der Waals surface area contributed by atoms with E-state index in [1.54, 1.807) is 48.6 Å². The number of allylic oxidation sites excluding steroid dienone is 5. The van der Waals surface area contributed by atoms with Crippen molar-refractivity contribution < 1.29 is 24.9 Å². The number of hydrogen-bond acceptors (Lipinski definition) is 5. The van der Waals surface area contributed by atoms with Crippen LogP contribution in [-0.4, -0.2) is 26.9 Å². The summed E-state index contributed by atoms with van der Waals surface area (Å²) in [7, 11) is 0. The normalized spacial score (nSPS) is 13.7. The molecule has 0 spiro atoms. The summed E-state index contributed by atoms with van der Waals surface area (Å²) in [6.07, 6.45) is 9.28. The van der Waals surface area contributed by atoms with Crippen LogP contribution in [0.2, 0.25) is 0 Å². The SMILES string of the molecule is C=CC(C1=CC(=O)C=CC1=O)c1ccccc1.Oc1ccc(C=Cc2cc(O)cc(O)c2)cc1. The van der Waals surface area contributed by atoms with E-state index in [0.717, 1.165) is 11.1 Å². The fourth-order valence-corrected chi connectivity index (χ4v) is 3.36. The van der Waals surface area contributed by atoms with Crippen molar-refractivity contribution in [2.24, 2.45) is 0 Å². The highest BCUT2D eigenvalue weighted by molar-refractivity contribution is 6.18. The molecule has 3 aromatic carbocycles. The van der Waals surface area contributed by atoms with Crippen molar-refractivity contribution in [2.75, 3.05) is 0 Å². The lowest BCUT2D eigenvalue weighted by Gasteiger charge is -2.16. The second-order valence-corrected chi connectivity index (χ2v) is 7.53. The fraction of sp³-hybridized carbons (Fsp3) is 0.0345. The van der Waals surface area contributed by atoms with Crippen molar-refractivity contribution in [2.45, 2.75) is 5.92 Å². The summed E-state index contributed by atoms with van der Waals surface area (Å²) in [5.41, 5.74) is 3.07. The van der Waals surface area contributed by atoms with Crippen molar-refractivity contribution in [3.63, 3.8) is 0 Å². The number of aromatic hydroxyl groups is 3. The van der Waals surface area contributed by atoms with E-state index in [1.165, 1.54) is 24.3 Å². The third-order valence-corrected chi connectivity index (χ3v) is 5.00. The van der Waals surface area contributed by atoms with Crippen LogP contribution in [0.1, 0.15) is 22.6 Å². The Kier molecular flexibility index (Phi) is 7.97. The van der Waals surface area contributed by atoms with E-state index in [9.17, 15) is 19.8 Å². The minimum Gasteiger partial charge on any atom is -0.508 e. The van der Waals surface area contributed by atoms with Gasteiger partial charge in [-0.3, -0.25) is 9.59 Å². The molecule has 0 saturated heterocycles. The molecule has 0 fully saturated rings. The van der Waals surface area contributed by atoms with Gasteiger partial charge in [0.1, 0.15) is 17.2 Å². The average molecular weight is 453 g/mol. The molecule has 1 aliphatic rings. The number of carbonyl (C=O) groups is 2.